The summed E-state index contributed by atoms with van der Waals surface area (Å²) in [5.41, 5.74) is 2.99. The minimum absolute atomic E-state index is 0.142. The Morgan fingerprint density at radius 2 is 1.80 bits per heavy atom. The topological polar surface area (TPSA) is 131 Å². The van der Waals surface area contributed by atoms with Crippen molar-refractivity contribution >= 4 is 42.2 Å². The molecule has 5 rings (SSSR count). The number of likely N-dealkylation sites (N-methyl/N-ethyl adjacent to an activating group) is 1. The van der Waals surface area contributed by atoms with E-state index in [1.54, 1.807) is 13.1 Å². The number of carbonyl (C=O) groups is 1. The van der Waals surface area contributed by atoms with Crippen LogP contribution in [-0.2, 0) is 23.4 Å². The van der Waals surface area contributed by atoms with E-state index in [4.69, 9.17) is 9.79 Å². The largest absolute Gasteiger partial charge is 0.421 e. The van der Waals surface area contributed by atoms with Crippen molar-refractivity contribution in [3.05, 3.63) is 76.5 Å². The normalized spacial score (nSPS) is 16.0. The summed E-state index contributed by atoms with van der Waals surface area (Å²) in [5.74, 6) is -0.963. The number of rotatable bonds is 7. The Balaban J connectivity index is 1.48. The summed E-state index contributed by atoms with van der Waals surface area (Å²) in [6, 6.07) is 9.43. The molecule has 3 aromatic rings. The van der Waals surface area contributed by atoms with Crippen LogP contribution in [0.1, 0.15) is 39.0 Å². The van der Waals surface area contributed by atoms with Gasteiger partial charge in [0, 0.05) is 38.6 Å². The van der Waals surface area contributed by atoms with Crippen LogP contribution in [0.2, 0.25) is 0 Å². The van der Waals surface area contributed by atoms with Gasteiger partial charge < -0.3 is 30.2 Å². The quantitative estimate of drug-likeness (QED) is 0.283. The zero-order valence-electron chi connectivity index (χ0n) is 22.2. The van der Waals surface area contributed by atoms with Gasteiger partial charge in [0.2, 0.25) is 5.95 Å². The predicted octanol–water partition coefficient (Wildman–Crippen LogP) is 4.96. The molecular formula is C27H28F3N6O4P. The number of hydrogen-bond donors (Lipinski definition) is 4. The summed E-state index contributed by atoms with van der Waals surface area (Å²) >= 11 is 0. The number of nitrogens with zero attached hydrogens (tertiary/aromatic N) is 4. The van der Waals surface area contributed by atoms with Crippen LogP contribution in [0.5, 0.6) is 0 Å². The lowest BCUT2D eigenvalue weighted by Crippen LogP contribution is -2.24. The third-order valence-electron chi connectivity index (χ3n) is 6.97. The van der Waals surface area contributed by atoms with Gasteiger partial charge in [-0.25, -0.2) is 4.98 Å². The van der Waals surface area contributed by atoms with Gasteiger partial charge in [-0.3, -0.25) is 9.36 Å². The lowest BCUT2D eigenvalue weighted by molar-refractivity contribution is -0.137. The van der Waals surface area contributed by atoms with Crippen LogP contribution in [-0.4, -0.2) is 62.6 Å². The Morgan fingerprint density at radius 3 is 2.44 bits per heavy atom. The molecule has 216 valence electrons. The van der Waals surface area contributed by atoms with Crippen LogP contribution in [0.4, 0.5) is 36.3 Å². The molecule has 0 radical (unpaired) electrons. The second-order valence-corrected chi connectivity index (χ2v) is 11.8. The lowest BCUT2D eigenvalue weighted by atomic mass is 9.92. The van der Waals surface area contributed by atoms with E-state index in [2.05, 4.69) is 31.6 Å². The van der Waals surface area contributed by atoms with Gasteiger partial charge in [0.1, 0.15) is 11.4 Å². The second-order valence-electron chi connectivity index (χ2n) is 10.1. The SMILES string of the molecule is CN1CC=C(c2ccc(Nc3nc(Nc4ccc(CP(=O)(O)O)cc4)ncc3C(F)(F)F)c3c2CN(C)C3=O)CC1. The van der Waals surface area contributed by atoms with Gasteiger partial charge in [0.25, 0.3) is 5.91 Å². The zero-order valence-corrected chi connectivity index (χ0v) is 23.1. The van der Waals surface area contributed by atoms with Gasteiger partial charge in [0.15, 0.2) is 0 Å². The highest BCUT2D eigenvalue weighted by Crippen LogP contribution is 2.41. The van der Waals surface area contributed by atoms with Crippen molar-refractivity contribution in [3.8, 4) is 0 Å². The van der Waals surface area contributed by atoms with Gasteiger partial charge in [-0.2, -0.15) is 18.2 Å². The Labute approximate surface area is 234 Å². The van der Waals surface area contributed by atoms with E-state index >= 15 is 0 Å². The van der Waals surface area contributed by atoms with E-state index in [0.29, 0.717) is 29.6 Å². The summed E-state index contributed by atoms with van der Waals surface area (Å²) in [6.45, 7) is 1.97. The van der Waals surface area contributed by atoms with E-state index in [1.807, 2.05) is 13.1 Å². The molecule has 0 saturated carbocycles. The highest BCUT2D eigenvalue weighted by Gasteiger charge is 2.37. The van der Waals surface area contributed by atoms with Gasteiger partial charge in [-0.1, -0.05) is 24.3 Å². The minimum Gasteiger partial charge on any atom is -0.339 e. The van der Waals surface area contributed by atoms with Crippen LogP contribution in [0.15, 0.2) is 48.7 Å². The smallest absolute Gasteiger partial charge is 0.339 e. The maximum Gasteiger partial charge on any atom is 0.421 e. The van der Waals surface area contributed by atoms with Gasteiger partial charge in [-0.15, -0.1) is 0 Å². The summed E-state index contributed by atoms with van der Waals surface area (Å²) in [6.07, 6.45) is -1.64. The first-order chi connectivity index (χ1) is 19.3. The third kappa shape index (κ3) is 6.43. The fourth-order valence-electron chi connectivity index (χ4n) is 4.91. The number of anilines is 4. The van der Waals surface area contributed by atoms with Gasteiger partial charge in [0.05, 0.1) is 17.4 Å². The second kappa shape index (κ2) is 10.9. The Morgan fingerprint density at radius 1 is 1.07 bits per heavy atom. The van der Waals surface area contributed by atoms with E-state index in [0.717, 1.165) is 36.2 Å². The molecule has 0 aliphatic carbocycles. The first kappa shape index (κ1) is 28.7. The highest BCUT2D eigenvalue weighted by molar-refractivity contribution is 7.50. The molecule has 2 aliphatic rings. The van der Waals surface area contributed by atoms with Gasteiger partial charge >= 0.3 is 13.8 Å². The molecule has 0 unspecified atom stereocenters. The molecule has 1 amide bonds. The van der Waals surface area contributed by atoms with Crippen molar-refractivity contribution in [2.45, 2.75) is 25.3 Å². The zero-order chi connectivity index (χ0) is 29.5. The predicted molar refractivity (Wildman–Crippen MR) is 148 cm³/mol. The maximum absolute atomic E-state index is 14.0. The van der Waals surface area contributed by atoms with Crippen molar-refractivity contribution in [2.75, 3.05) is 37.8 Å². The van der Waals surface area contributed by atoms with Crippen LogP contribution in [0.3, 0.4) is 0 Å². The van der Waals surface area contributed by atoms with Gasteiger partial charge in [-0.05, 0) is 53.9 Å². The summed E-state index contributed by atoms with van der Waals surface area (Å²) in [7, 11) is -0.580. The average molecular weight is 589 g/mol. The van der Waals surface area contributed by atoms with Crippen molar-refractivity contribution in [3.63, 3.8) is 0 Å². The van der Waals surface area contributed by atoms with Crippen molar-refractivity contribution < 1.29 is 32.3 Å². The number of carbonyl (C=O) groups excluding carboxylic acids is 1. The molecule has 3 heterocycles. The average Bonchev–Trinajstić information content (AvgIpc) is 3.19. The first-order valence-corrected chi connectivity index (χ1v) is 14.5. The molecule has 2 aliphatic heterocycles. The summed E-state index contributed by atoms with van der Waals surface area (Å²) in [5, 5.41) is 5.57. The van der Waals surface area contributed by atoms with Crippen molar-refractivity contribution in [1.29, 1.82) is 0 Å². The lowest BCUT2D eigenvalue weighted by Gasteiger charge is -2.24. The van der Waals surface area contributed by atoms with Crippen LogP contribution >= 0.6 is 7.60 Å². The van der Waals surface area contributed by atoms with E-state index in [-0.39, 0.29) is 17.5 Å². The molecular weight excluding hydrogens is 560 g/mol. The van der Waals surface area contributed by atoms with E-state index < -0.39 is 31.3 Å². The molecule has 14 heteroatoms. The number of benzene rings is 2. The molecule has 0 spiro atoms. The first-order valence-electron chi connectivity index (χ1n) is 12.7. The third-order valence-corrected chi connectivity index (χ3v) is 7.75. The maximum atomic E-state index is 14.0. The fourth-order valence-corrected chi connectivity index (χ4v) is 5.60. The molecule has 0 bridgehead atoms. The summed E-state index contributed by atoms with van der Waals surface area (Å²) < 4.78 is 53.1. The molecule has 41 heavy (non-hydrogen) atoms. The van der Waals surface area contributed by atoms with Crippen LogP contribution in [0, 0.1) is 0 Å². The monoisotopic (exact) mass is 588 g/mol. The van der Waals surface area contributed by atoms with Crippen molar-refractivity contribution in [2.24, 2.45) is 0 Å². The number of halogens is 3. The van der Waals surface area contributed by atoms with Crippen LogP contribution < -0.4 is 10.6 Å². The molecule has 4 N–H and O–H groups in total. The fraction of sp³-hybridized carbons (Fsp3) is 0.296. The summed E-state index contributed by atoms with van der Waals surface area (Å²) in [4.78, 5) is 43.0. The number of nitrogens with one attached hydrogen (secondary N) is 2. The highest BCUT2D eigenvalue weighted by atomic mass is 31.2. The molecule has 0 fully saturated rings. The number of amides is 1. The number of hydrogen-bond acceptors (Lipinski definition) is 7. The molecule has 10 nitrogen and oxygen atoms in total. The number of alkyl halides is 3. The Hall–Kier alpha value is -3.77. The number of aromatic nitrogens is 2. The van der Waals surface area contributed by atoms with Crippen molar-refractivity contribution in [1.82, 2.24) is 19.8 Å². The van der Waals surface area contributed by atoms with E-state index in [1.165, 1.54) is 29.2 Å². The standard InChI is InChI=1S/C27H28F3N6O4P/c1-35-11-9-17(10-12-35)19-7-8-22(23-20(19)14-36(2)25(23)37)33-24-21(27(28,29)30)13-31-26(34-24)32-18-5-3-16(4-6-18)15-41(38,39)40/h3-9,13H,10-12,14-15H2,1-2H3,(H2,38,39,40)(H2,31,32,33,34). The molecule has 0 saturated heterocycles. The molecule has 1 aromatic heterocycles. The Bertz CT molecular complexity index is 1570. The Kier molecular flexibility index (Phi) is 7.64. The number of fused-ring (bicyclic) bond motifs is 1. The van der Waals surface area contributed by atoms with Crippen LogP contribution in [0.25, 0.3) is 5.57 Å². The molecule has 0 atom stereocenters. The van der Waals surface area contributed by atoms with E-state index in [9.17, 15) is 22.5 Å². The molecule has 2 aromatic carbocycles. The minimum atomic E-state index is -4.77.